The van der Waals surface area contributed by atoms with Crippen LogP contribution >= 0.6 is 0 Å². The highest BCUT2D eigenvalue weighted by atomic mass is 16.5. The highest BCUT2D eigenvalue weighted by Crippen LogP contribution is 2.27. The van der Waals surface area contributed by atoms with E-state index < -0.39 is 18.0 Å². The van der Waals surface area contributed by atoms with Crippen LogP contribution in [0.15, 0.2) is 73.1 Å². The third kappa shape index (κ3) is 5.38. The van der Waals surface area contributed by atoms with Gasteiger partial charge in [0.15, 0.2) is 6.10 Å². The Kier molecular flexibility index (Phi) is 6.52. The molecule has 0 aliphatic carbocycles. The summed E-state index contributed by atoms with van der Waals surface area (Å²) in [7, 11) is 1.68. The van der Waals surface area contributed by atoms with Crippen molar-refractivity contribution >= 4 is 23.5 Å². The van der Waals surface area contributed by atoms with Gasteiger partial charge in [0, 0.05) is 30.7 Å². The van der Waals surface area contributed by atoms with Crippen LogP contribution in [0.2, 0.25) is 0 Å². The van der Waals surface area contributed by atoms with Gasteiger partial charge in [-0.3, -0.25) is 9.59 Å². The topological polar surface area (TPSA) is 84.4 Å². The molecule has 7 heteroatoms. The lowest BCUT2D eigenvalue weighted by Gasteiger charge is -2.19. The number of ether oxygens (including phenoxy) is 1. The molecule has 1 unspecified atom stereocenters. The summed E-state index contributed by atoms with van der Waals surface area (Å²) in [6, 6.07) is 18.9. The Morgan fingerprint density at radius 1 is 1.00 bits per heavy atom. The lowest BCUT2D eigenvalue weighted by Crippen LogP contribution is -2.35. The Bertz CT molecular complexity index is 964. The highest BCUT2D eigenvalue weighted by molar-refractivity contribution is 5.98. The van der Waals surface area contributed by atoms with E-state index in [0.29, 0.717) is 11.6 Å². The normalized spacial score (nSPS) is 11.4. The molecule has 7 nitrogen and oxygen atoms in total. The molecule has 2 aromatic carbocycles. The molecule has 3 aromatic rings. The van der Waals surface area contributed by atoms with Gasteiger partial charge in [-0.25, -0.2) is 9.97 Å². The number of hydrogen-bond acceptors (Lipinski definition) is 6. The standard InChI is InChI=1S/C22H22N4O3/c1-16(29-20(27)15-26(2)22-23-13-8-14-24-22)21(28)25-19-12-7-6-11-18(19)17-9-4-3-5-10-17/h3-14,16H,15H2,1-2H3,(H,25,28). The van der Waals surface area contributed by atoms with Gasteiger partial charge in [-0.15, -0.1) is 0 Å². The first-order chi connectivity index (χ1) is 14.0. The molecule has 0 fully saturated rings. The predicted molar refractivity (Wildman–Crippen MR) is 111 cm³/mol. The molecule has 1 amide bonds. The SMILES string of the molecule is CC(OC(=O)CN(C)c1ncccn1)C(=O)Nc1ccccc1-c1ccccc1. The second kappa shape index (κ2) is 9.45. The summed E-state index contributed by atoms with van der Waals surface area (Å²) in [4.78, 5) is 34.4. The van der Waals surface area contributed by atoms with Crippen molar-refractivity contribution in [3.05, 3.63) is 73.1 Å². The van der Waals surface area contributed by atoms with Crippen LogP contribution in [0.3, 0.4) is 0 Å². The van der Waals surface area contributed by atoms with E-state index in [2.05, 4.69) is 15.3 Å². The fraction of sp³-hybridized carbons (Fsp3) is 0.182. The molecule has 1 aromatic heterocycles. The number of carbonyl (C=O) groups excluding carboxylic acids is 2. The minimum Gasteiger partial charge on any atom is -0.451 e. The molecule has 1 N–H and O–H groups in total. The van der Waals surface area contributed by atoms with E-state index in [1.54, 1.807) is 30.4 Å². The zero-order valence-corrected chi connectivity index (χ0v) is 16.3. The minimum atomic E-state index is -0.948. The van der Waals surface area contributed by atoms with Gasteiger partial charge in [-0.05, 0) is 24.6 Å². The zero-order valence-electron chi connectivity index (χ0n) is 16.3. The van der Waals surface area contributed by atoms with Gasteiger partial charge in [0.05, 0.1) is 0 Å². The number of carbonyl (C=O) groups is 2. The van der Waals surface area contributed by atoms with Crippen LogP contribution in [0.4, 0.5) is 11.6 Å². The first-order valence-electron chi connectivity index (χ1n) is 9.17. The molecule has 0 bridgehead atoms. The fourth-order valence-electron chi connectivity index (χ4n) is 2.74. The maximum atomic E-state index is 12.6. The Hall–Kier alpha value is -3.74. The largest absolute Gasteiger partial charge is 0.451 e. The third-order valence-electron chi connectivity index (χ3n) is 4.21. The molecular formula is C22H22N4O3. The van der Waals surface area contributed by atoms with Gasteiger partial charge in [-0.2, -0.15) is 0 Å². The zero-order chi connectivity index (χ0) is 20.6. The molecular weight excluding hydrogens is 368 g/mol. The number of hydrogen-bond donors (Lipinski definition) is 1. The summed E-state index contributed by atoms with van der Waals surface area (Å²) in [5, 5.41) is 2.84. The van der Waals surface area contributed by atoms with Crippen LogP contribution in [0.5, 0.6) is 0 Å². The average molecular weight is 390 g/mol. The van der Waals surface area contributed by atoms with Gasteiger partial charge < -0.3 is 15.0 Å². The van der Waals surface area contributed by atoms with E-state index in [-0.39, 0.29) is 6.54 Å². The number of likely N-dealkylation sites (N-methyl/N-ethyl adjacent to an activating group) is 1. The molecule has 0 saturated heterocycles. The number of aromatic nitrogens is 2. The van der Waals surface area contributed by atoms with Crippen LogP contribution in [0, 0.1) is 0 Å². The quantitative estimate of drug-likeness (QED) is 0.624. The second-order valence-corrected chi connectivity index (χ2v) is 6.44. The van der Waals surface area contributed by atoms with Gasteiger partial charge in [-0.1, -0.05) is 48.5 Å². The highest BCUT2D eigenvalue weighted by Gasteiger charge is 2.20. The molecule has 0 aliphatic heterocycles. The predicted octanol–water partition coefficient (Wildman–Crippen LogP) is 3.15. The van der Waals surface area contributed by atoms with Crippen LogP contribution in [-0.4, -0.2) is 41.5 Å². The van der Waals surface area contributed by atoms with Gasteiger partial charge >= 0.3 is 5.97 Å². The number of benzene rings is 2. The van der Waals surface area contributed by atoms with Crippen LogP contribution in [-0.2, 0) is 14.3 Å². The Morgan fingerprint density at radius 2 is 1.66 bits per heavy atom. The summed E-state index contributed by atoms with van der Waals surface area (Å²) >= 11 is 0. The van der Waals surface area contributed by atoms with Gasteiger partial charge in [0.25, 0.3) is 5.91 Å². The van der Waals surface area contributed by atoms with Crippen molar-refractivity contribution in [2.75, 3.05) is 23.8 Å². The number of para-hydroxylation sites is 1. The number of nitrogens with zero attached hydrogens (tertiary/aromatic N) is 3. The van der Waals surface area contributed by atoms with E-state index in [1.807, 2.05) is 54.6 Å². The third-order valence-corrected chi connectivity index (χ3v) is 4.21. The second-order valence-electron chi connectivity index (χ2n) is 6.44. The van der Waals surface area contributed by atoms with Crippen molar-refractivity contribution in [2.24, 2.45) is 0 Å². The Labute approximate surface area is 169 Å². The number of rotatable bonds is 7. The molecule has 0 radical (unpaired) electrons. The lowest BCUT2D eigenvalue weighted by molar-refractivity contribution is -0.151. The van der Waals surface area contributed by atoms with Crippen LogP contribution < -0.4 is 10.2 Å². The van der Waals surface area contributed by atoms with E-state index in [1.165, 1.54) is 6.92 Å². The number of anilines is 2. The van der Waals surface area contributed by atoms with Crippen molar-refractivity contribution in [3.8, 4) is 11.1 Å². The monoisotopic (exact) mass is 390 g/mol. The van der Waals surface area contributed by atoms with E-state index in [0.717, 1.165) is 11.1 Å². The molecule has 0 aliphatic rings. The van der Waals surface area contributed by atoms with Crippen molar-refractivity contribution < 1.29 is 14.3 Å². The van der Waals surface area contributed by atoms with Crippen LogP contribution in [0.1, 0.15) is 6.92 Å². The van der Waals surface area contributed by atoms with Gasteiger partial charge in [0.1, 0.15) is 6.54 Å². The van der Waals surface area contributed by atoms with E-state index >= 15 is 0 Å². The maximum absolute atomic E-state index is 12.6. The molecule has 3 rings (SSSR count). The first kappa shape index (κ1) is 20.0. The molecule has 0 saturated carbocycles. The molecule has 29 heavy (non-hydrogen) atoms. The Morgan fingerprint density at radius 3 is 2.38 bits per heavy atom. The van der Waals surface area contributed by atoms with Crippen LogP contribution in [0.25, 0.3) is 11.1 Å². The maximum Gasteiger partial charge on any atom is 0.326 e. The fourth-order valence-corrected chi connectivity index (χ4v) is 2.74. The number of nitrogens with one attached hydrogen (secondary N) is 1. The van der Waals surface area contributed by atoms with Crippen molar-refractivity contribution in [2.45, 2.75) is 13.0 Å². The summed E-state index contributed by atoms with van der Waals surface area (Å²) in [5.74, 6) is -0.544. The number of amides is 1. The summed E-state index contributed by atoms with van der Waals surface area (Å²) in [6.45, 7) is 1.47. The summed E-state index contributed by atoms with van der Waals surface area (Å²) in [6.07, 6.45) is 2.23. The number of esters is 1. The van der Waals surface area contributed by atoms with Crippen molar-refractivity contribution in [1.82, 2.24) is 9.97 Å². The van der Waals surface area contributed by atoms with Crippen molar-refractivity contribution in [3.63, 3.8) is 0 Å². The molecule has 148 valence electrons. The van der Waals surface area contributed by atoms with Crippen molar-refractivity contribution in [1.29, 1.82) is 0 Å². The summed E-state index contributed by atoms with van der Waals surface area (Å²) < 4.78 is 5.27. The molecule has 1 heterocycles. The lowest BCUT2D eigenvalue weighted by atomic mass is 10.0. The smallest absolute Gasteiger partial charge is 0.326 e. The first-order valence-corrected chi connectivity index (χ1v) is 9.17. The van der Waals surface area contributed by atoms with Gasteiger partial charge in [0.2, 0.25) is 5.95 Å². The minimum absolute atomic E-state index is 0.0672. The summed E-state index contributed by atoms with van der Waals surface area (Å²) in [5.41, 5.74) is 2.53. The molecule has 1 atom stereocenters. The van der Waals surface area contributed by atoms with E-state index in [9.17, 15) is 9.59 Å². The van der Waals surface area contributed by atoms with E-state index in [4.69, 9.17) is 4.74 Å². The average Bonchev–Trinajstić information content (AvgIpc) is 2.75. The Balaban J connectivity index is 1.61. The molecule has 0 spiro atoms.